The molecule has 0 bridgehead atoms. The van der Waals surface area contributed by atoms with Gasteiger partial charge in [0.05, 0.1) is 30.3 Å². The number of hydrogen-bond donors (Lipinski definition) is 1. The molecule has 1 N–H and O–H groups in total. The molecule has 2 aromatic heterocycles. The van der Waals surface area contributed by atoms with Crippen LogP contribution in [0.1, 0.15) is 39.4 Å². The average Bonchev–Trinajstić information content (AvgIpc) is 3.12. The first-order valence-electron chi connectivity index (χ1n) is 11.2. The Kier molecular flexibility index (Phi) is 6.79. The molecule has 0 unspecified atom stereocenters. The quantitative estimate of drug-likeness (QED) is 0.446. The molecular formula is C22H29F2N4O3P. The molecule has 0 spiro atoms. The smallest absolute Gasteiger partial charge is 0.330 e. The third kappa shape index (κ3) is 4.51. The van der Waals surface area contributed by atoms with Crippen LogP contribution in [-0.4, -0.2) is 47.4 Å². The van der Waals surface area contributed by atoms with Gasteiger partial charge in [-0.1, -0.05) is 6.92 Å². The standard InChI is InChI=1S/C22H29F2N4O3P/c1-4-18-26-20-19-16(24)11-15(23)12-17(19)25-21(20)22(27-18)28-9-7-14(8-10-28)13-32(29,30-5-2)31-6-3/h11-12,14,25H,4-10,13H2,1-3H3. The number of nitrogens with zero attached hydrogens (tertiary/aromatic N) is 3. The maximum atomic E-state index is 14.6. The summed E-state index contributed by atoms with van der Waals surface area (Å²) in [5, 5.41) is 0.281. The van der Waals surface area contributed by atoms with Gasteiger partial charge in [-0.25, -0.2) is 18.7 Å². The van der Waals surface area contributed by atoms with Crippen LogP contribution in [0, 0.1) is 17.6 Å². The Balaban J connectivity index is 1.62. The molecule has 3 heterocycles. The van der Waals surface area contributed by atoms with E-state index >= 15 is 0 Å². The Morgan fingerprint density at radius 1 is 1.12 bits per heavy atom. The van der Waals surface area contributed by atoms with Gasteiger partial charge in [0.15, 0.2) is 5.82 Å². The van der Waals surface area contributed by atoms with E-state index < -0.39 is 19.2 Å². The second kappa shape index (κ2) is 9.41. The number of anilines is 1. The normalized spacial score (nSPS) is 15.8. The van der Waals surface area contributed by atoms with Crippen molar-refractivity contribution in [3.63, 3.8) is 0 Å². The zero-order chi connectivity index (χ0) is 22.9. The van der Waals surface area contributed by atoms with E-state index in [2.05, 4.69) is 14.9 Å². The van der Waals surface area contributed by atoms with Crippen LogP contribution < -0.4 is 4.90 Å². The number of aromatic nitrogens is 3. The Hall–Kier alpha value is -2.09. The number of halogens is 2. The number of piperidine rings is 1. The highest BCUT2D eigenvalue weighted by Gasteiger charge is 2.32. The van der Waals surface area contributed by atoms with Crippen LogP contribution in [-0.2, 0) is 20.0 Å². The molecule has 0 radical (unpaired) electrons. The summed E-state index contributed by atoms with van der Waals surface area (Å²) in [6.07, 6.45) is 2.61. The first-order chi connectivity index (χ1) is 15.4. The summed E-state index contributed by atoms with van der Waals surface area (Å²) in [5.74, 6) is 0.239. The van der Waals surface area contributed by atoms with Gasteiger partial charge in [0, 0.05) is 25.6 Å². The van der Waals surface area contributed by atoms with E-state index in [1.54, 1.807) is 0 Å². The molecule has 1 aromatic carbocycles. The third-order valence-corrected chi connectivity index (χ3v) is 8.12. The second-order valence-corrected chi connectivity index (χ2v) is 10.1. The van der Waals surface area contributed by atoms with E-state index in [4.69, 9.17) is 14.0 Å². The minimum absolute atomic E-state index is 0.215. The summed E-state index contributed by atoms with van der Waals surface area (Å²) in [6.45, 7) is 7.68. The number of hydrogen-bond acceptors (Lipinski definition) is 6. The third-order valence-electron chi connectivity index (χ3n) is 5.85. The van der Waals surface area contributed by atoms with Crippen molar-refractivity contribution in [3.8, 4) is 0 Å². The lowest BCUT2D eigenvalue weighted by molar-refractivity contribution is 0.213. The monoisotopic (exact) mass is 466 g/mol. The molecule has 0 saturated carbocycles. The molecule has 0 amide bonds. The lowest BCUT2D eigenvalue weighted by Crippen LogP contribution is -2.35. The van der Waals surface area contributed by atoms with E-state index in [-0.39, 0.29) is 11.3 Å². The lowest BCUT2D eigenvalue weighted by atomic mass is 9.99. The number of aromatic amines is 1. The molecular weight excluding hydrogens is 437 g/mol. The van der Waals surface area contributed by atoms with Crippen LogP contribution in [0.4, 0.5) is 14.6 Å². The van der Waals surface area contributed by atoms with Gasteiger partial charge in [-0.2, -0.15) is 0 Å². The minimum Gasteiger partial charge on any atom is -0.355 e. The predicted molar refractivity (Wildman–Crippen MR) is 121 cm³/mol. The van der Waals surface area contributed by atoms with Gasteiger partial charge in [0.25, 0.3) is 0 Å². The maximum Gasteiger partial charge on any atom is 0.330 e. The van der Waals surface area contributed by atoms with Gasteiger partial charge in [0.1, 0.15) is 28.5 Å². The minimum atomic E-state index is -3.09. The van der Waals surface area contributed by atoms with E-state index in [1.807, 2.05) is 20.8 Å². The molecule has 1 aliphatic rings. The average molecular weight is 466 g/mol. The van der Waals surface area contributed by atoms with Crippen molar-refractivity contribution in [2.45, 2.75) is 40.0 Å². The van der Waals surface area contributed by atoms with Crippen LogP contribution in [0.2, 0.25) is 0 Å². The number of benzene rings is 1. The molecule has 7 nitrogen and oxygen atoms in total. The first kappa shape index (κ1) is 23.1. The molecule has 4 rings (SSSR count). The fraction of sp³-hybridized carbons (Fsp3) is 0.545. The van der Waals surface area contributed by atoms with Crippen LogP contribution in [0.5, 0.6) is 0 Å². The molecule has 0 aliphatic carbocycles. The Labute approximate surface area is 186 Å². The molecule has 1 aliphatic heterocycles. The largest absolute Gasteiger partial charge is 0.355 e. The first-order valence-corrected chi connectivity index (χ1v) is 12.9. The van der Waals surface area contributed by atoms with Crippen LogP contribution in [0.3, 0.4) is 0 Å². The molecule has 1 saturated heterocycles. The number of fused-ring (bicyclic) bond motifs is 3. The van der Waals surface area contributed by atoms with Crippen LogP contribution in [0.25, 0.3) is 21.9 Å². The highest BCUT2D eigenvalue weighted by Crippen LogP contribution is 2.51. The van der Waals surface area contributed by atoms with Gasteiger partial charge in [0.2, 0.25) is 0 Å². The van der Waals surface area contributed by atoms with Gasteiger partial charge < -0.3 is 18.9 Å². The fourth-order valence-electron chi connectivity index (χ4n) is 4.40. The van der Waals surface area contributed by atoms with Crippen molar-refractivity contribution in [2.75, 3.05) is 37.4 Å². The number of aryl methyl sites for hydroxylation is 1. The van der Waals surface area contributed by atoms with Crippen molar-refractivity contribution in [2.24, 2.45) is 5.92 Å². The summed E-state index contributed by atoms with van der Waals surface area (Å²) >= 11 is 0. The second-order valence-electron chi connectivity index (χ2n) is 8.04. The zero-order valence-electron chi connectivity index (χ0n) is 18.7. The van der Waals surface area contributed by atoms with E-state index in [1.165, 1.54) is 6.07 Å². The highest BCUT2D eigenvalue weighted by molar-refractivity contribution is 7.53. The van der Waals surface area contributed by atoms with Crippen molar-refractivity contribution in [1.29, 1.82) is 0 Å². The van der Waals surface area contributed by atoms with Crippen molar-refractivity contribution < 1.29 is 22.4 Å². The van der Waals surface area contributed by atoms with Crippen molar-refractivity contribution in [1.82, 2.24) is 15.0 Å². The van der Waals surface area contributed by atoms with Crippen LogP contribution >= 0.6 is 7.60 Å². The zero-order valence-corrected chi connectivity index (χ0v) is 19.6. The summed E-state index contributed by atoms with van der Waals surface area (Å²) in [4.78, 5) is 14.5. The number of H-pyrrole nitrogens is 1. The Morgan fingerprint density at radius 3 is 2.44 bits per heavy atom. The van der Waals surface area contributed by atoms with E-state index in [9.17, 15) is 13.3 Å². The summed E-state index contributed by atoms with van der Waals surface area (Å²) in [7, 11) is -3.09. The molecule has 1 fully saturated rings. The fourth-order valence-corrected chi connectivity index (χ4v) is 6.47. The van der Waals surface area contributed by atoms with Gasteiger partial charge in [-0.3, -0.25) is 4.57 Å². The Morgan fingerprint density at radius 2 is 1.81 bits per heavy atom. The summed E-state index contributed by atoms with van der Waals surface area (Å²) in [6, 6.07) is 2.16. The summed E-state index contributed by atoms with van der Waals surface area (Å²) in [5.41, 5.74) is 1.44. The Bertz CT molecular complexity index is 1150. The van der Waals surface area contributed by atoms with Crippen molar-refractivity contribution >= 4 is 35.3 Å². The summed E-state index contributed by atoms with van der Waals surface area (Å²) < 4.78 is 52.1. The topological polar surface area (TPSA) is 80.3 Å². The van der Waals surface area contributed by atoms with Gasteiger partial charge >= 0.3 is 7.60 Å². The maximum absolute atomic E-state index is 14.6. The van der Waals surface area contributed by atoms with Gasteiger partial charge in [-0.15, -0.1) is 0 Å². The molecule has 3 aromatic rings. The highest BCUT2D eigenvalue weighted by atomic mass is 31.2. The van der Waals surface area contributed by atoms with E-state index in [0.29, 0.717) is 67.1 Å². The van der Waals surface area contributed by atoms with E-state index in [0.717, 1.165) is 18.9 Å². The lowest BCUT2D eigenvalue weighted by Gasteiger charge is -2.34. The number of rotatable bonds is 8. The van der Waals surface area contributed by atoms with Crippen LogP contribution in [0.15, 0.2) is 12.1 Å². The van der Waals surface area contributed by atoms with Crippen molar-refractivity contribution in [3.05, 3.63) is 29.6 Å². The molecule has 10 heteroatoms. The molecule has 0 atom stereocenters. The predicted octanol–water partition coefficient (Wildman–Crippen LogP) is 5.43. The molecule has 174 valence electrons. The SMILES string of the molecule is CCOP(=O)(CC1CCN(c2nc(CC)nc3c2[nH]c2cc(F)cc(F)c23)CC1)OCC. The molecule has 32 heavy (non-hydrogen) atoms. The number of nitrogens with one attached hydrogen (secondary N) is 1. The van der Waals surface area contributed by atoms with Gasteiger partial charge in [-0.05, 0) is 38.7 Å².